The fourth-order valence-electron chi connectivity index (χ4n) is 4.15. The highest BCUT2D eigenvalue weighted by atomic mass is 19.1. The lowest BCUT2D eigenvalue weighted by Gasteiger charge is -2.46. The van der Waals surface area contributed by atoms with Gasteiger partial charge in [-0.25, -0.2) is 9.18 Å². The quantitative estimate of drug-likeness (QED) is 0.649. The Morgan fingerprint density at radius 1 is 1.17 bits per heavy atom. The molecule has 2 bridgehead atoms. The average molecular weight is 408 g/mol. The molecule has 0 aliphatic carbocycles. The Labute approximate surface area is 167 Å². The summed E-state index contributed by atoms with van der Waals surface area (Å²) in [7, 11) is 0. The van der Waals surface area contributed by atoms with Gasteiger partial charge in [0.2, 0.25) is 5.91 Å². The molecule has 4 rings (SSSR count). The van der Waals surface area contributed by atoms with Crippen LogP contribution >= 0.6 is 0 Å². The van der Waals surface area contributed by atoms with Gasteiger partial charge in [0.1, 0.15) is 11.9 Å². The molecule has 5 atom stereocenters. The average Bonchev–Trinajstić information content (AvgIpc) is 3.13. The summed E-state index contributed by atoms with van der Waals surface area (Å²) in [4.78, 5) is 27.8. The number of halogens is 1. The SMILES string of the molecule is CC(=O)N1CCN(C2C3OCC(O3)C(NC(=O)Nc3ccc(F)cc3)C2O)CC1. The number of amides is 3. The van der Waals surface area contributed by atoms with Crippen molar-refractivity contribution in [3.8, 4) is 0 Å². The predicted octanol–water partition coefficient (Wildman–Crippen LogP) is -0.0355. The first-order valence-electron chi connectivity index (χ1n) is 9.70. The van der Waals surface area contributed by atoms with Gasteiger partial charge in [-0.3, -0.25) is 9.69 Å². The highest BCUT2D eigenvalue weighted by molar-refractivity contribution is 5.89. The molecule has 158 valence electrons. The number of anilines is 1. The van der Waals surface area contributed by atoms with E-state index in [1.165, 1.54) is 24.3 Å². The number of nitrogens with one attached hydrogen (secondary N) is 2. The number of benzene rings is 1. The molecule has 3 aliphatic heterocycles. The van der Waals surface area contributed by atoms with E-state index >= 15 is 0 Å². The lowest BCUT2D eigenvalue weighted by Crippen LogP contribution is -2.67. The van der Waals surface area contributed by atoms with Gasteiger partial charge in [-0.2, -0.15) is 0 Å². The van der Waals surface area contributed by atoms with Gasteiger partial charge >= 0.3 is 6.03 Å². The monoisotopic (exact) mass is 408 g/mol. The van der Waals surface area contributed by atoms with Crippen LogP contribution < -0.4 is 10.6 Å². The summed E-state index contributed by atoms with van der Waals surface area (Å²) in [5.41, 5.74) is 0.438. The van der Waals surface area contributed by atoms with E-state index < -0.39 is 42.4 Å². The van der Waals surface area contributed by atoms with E-state index in [0.29, 0.717) is 31.9 Å². The van der Waals surface area contributed by atoms with Crippen LogP contribution in [0.15, 0.2) is 24.3 Å². The maximum Gasteiger partial charge on any atom is 0.319 e. The van der Waals surface area contributed by atoms with Crippen molar-refractivity contribution in [1.29, 1.82) is 0 Å². The topological polar surface area (TPSA) is 103 Å². The molecule has 5 unspecified atom stereocenters. The Morgan fingerprint density at radius 2 is 1.86 bits per heavy atom. The largest absolute Gasteiger partial charge is 0.389 e. The van der Waals surface area contributed by atoms with Crippen LogP contribution in [0.5, 0.6) is 0 Å². The maximum atomic E-state index is 13.0. The number of carbonyl (C=O) groups is 2. The second-order valence-electron chi connectivity index (χ2n) is 7.53. The van der Waals surface area contributed by atoms with Crippen molar-refractivity contribution in [2.75, 3.05) is 38.1 Å². The second-order valence-corrected chi connectivity index (χ2v) is 7.53. The zero-order valence-electron chi connectivity index (χ0n) is 16.1. The van der Waals surface area contributed by atoms with Crippen LogP contribution in [0.25, 0.3) is 0 Å². The number of hydrogen-bond acceptors (Lipinski definition) is 6. The summed E-state index contributed by atoms with van der Waals surface area (Å²) in [6.07, 6.45) is -1.93. The third-order valence-electron chi connectivity index (χ3n) is 5.71. The Balaban J connectivity index is 1.40. The molecule has 1 aromatic rings. The van der Waals surface area contributed by atoms with E-state index in [1.54, 1.807) is 11.8 Å². The van der Waals surface area contributed by atoms with Crippen molar-refractivity contribution >= 4 is 17.6 Å². The summed E-state index contributed by atoms with van der Waals surface area (Å²) < 4.78 is 24.6. The van der Waals surface area contributed by atoms with E-state index in [1.807, 2.05) is 4.90 Å². The molecule has 29 heavy (non-hydrogen) atoms. The van der Waals surface area contributed by atoms with E-state index in [4.69, 9.17) is 9.47 Å². The second kappa shape index (κ2) is 8.23. The van der Waals surface area contributed by atoms with Gasteiger partial charge < -0.3 is 30.1 Å². The summed E-state index contributed by atoms with van der Waals surface area (Å²) in [5.74, 6) is -0.367. The van der Waals surface area contributed by atoms with E-state index in [-0.39, 0.29) is 12.5 Å². The molecule has 0 radical (unpaired) electrons. The van der Waals surface area contributed by atoms with Crippen LogP contribution in [0.4, 0.5) is 14.9 Å². The smallest absolute Gasteiger partial charge is 0.319 e. The van der Waals surface area contributed by atoms with Gasteiger partial charge in [-0.1, -0.05) is 0 Å². The Bertz CT molecular complexity index is 755. The number of ether oxygens (including phenoxy) is 2. The first-order chi connectivity index (χ1) is 13.9. The van der Waals surface area contributed by atoms with Crippen LogP contribution in [0, 0.1) is 5.82 Å². The van der Waals surface area contributed by atoms with E-state index in [0.717, 1.165) is 0 Å². The number of nitrogens with zero attached hydrogens (tertiary/aromatic N) is 2. The first-order valence-corrected chi connectivity index (χ1v) is 9.70. The van der Waals surface area contributed by atoms with Gasteiger partial charge in [-0.05, 0) is 24.3 Å². The third kappa shape index (κ3) is 4.20. The summed E-state index contributed by atoms with van der Waals surface area (Å²) in [5, 5.41) is 16.4. The molecule has 0 spiro atoms. The lowest BCUT2D eigenvalue weighted by atomic mass is 9.94. The molecular weight excluding hydrogens is 383 g/mol. The van der Waals surface area contributed by atoms with Gasteiger partial charge in [0, 0.05) is 38.8 Å². The molecule has 3 amide bonds. The molecule has 1 aromatic carbocycles. The number of aliphatic hydroxyl groups is 1. The maximum absolute atomic E-state index is 13.0. The zero-order chi connectivity index (χ0) is 20.5. The fraction of sp³-hybridized carbons (Fsp3) is 0.579. The standard InChI is InChI=1S/C19H25FN4O5/c1-11(25)23-6-8-24(9-7-23)16-17(26)15(14-10-28-18(16)29-14)22-19(27)21-13-4-2-12(20)3-5-13/h2-5,14-18,26H,6-10H2,1H3,(H2,21,22,27). The molecule has 0 aromatic heterocycles. The number of carbonyl (C=O) groups excluding carboxylic acids is 2. The minimum absolute atomic E-state index is 0.0271. The Morgan fingerprint density at radius 3 is 2.52 bits per heavy atom. The molecule has 0 saturated carbocycles. The first kappa shape index (κ1) is 20.0. The molecule has 9 nitrogen and oxygen atoms in total. The fourth-order valence-corrected chi connectivity index (χ4v) is 4.15. The molecule has 10 heteroatoms. The molecule has 3 aliphatic rings. The van der Waals surface area contributed by atoms with Crippen molar-refractivity contribution in [3.63, 3.8) is 0 Å². The molecule has 3 saturated heterocycles. The number of fused-ring (bicyclic) bond motifs is 2. The number of rotatable bonds is 3. The van der Waals surface area contributed by atoms with Gasteiger partial charge in [0.15, 0.2) is 6.29 Å². The van der Waals surface area contributed by atoms with E-state index in [9.17, 15) is 19.1 Å². The van der Waals surface area contributed by atoms with Crippen molar-refractivity contribution in [2.45, 2.75) is 37.5 Å². The Kier molecular flexibility index (Phi) is 5.68. The van der Waals surface area contributed by atoms with Gasteiger partial charge in [-0.15, -0.1) is 0 Å². The number of hydrogen-bond donors (Lipinski definition) is 3. The van der Waals surface area contributed by atoms with Crippen LogP contribution in [-0.4, -0.2) is 90.2 Å². The summed E-state index contributed by atoms with van der Waals surface area (Å²) in [6.45, 7) is 4.12. The zero-order valence-corrected chi connectivity index (χ0v) is 16.1. The number of piperazine rings is 1. The van der Waals surface area contributed by atoms with Crippen LogP contribution in [0.3, 0.4) is 0 Å². The summed E-state index contributed by atoms with van der Waals surface area (Å²) >= 11 is 0. The minimum atomic E-state index is -0.899. The summed E-state index contributed by atoms with van der Waals surface area (Å²) in [6, 6.07) is 3.78. The molecule has 3 fully saturated rings. The van der Waals surface area contributed by atoms with Gasteiger partial charge in [0.05, 0.1) is 24.8 Å². The predicted molar refractivity (Wildman–Crippen MR) is 101 cm³/mol. The highest BCUT2D eigenvalue weighted by Crippen LogP contribution is 2.32. The minimum Gasteiger partial charge on any atom is -0.389 e. The number of urea groups is 1. The molecular formula is C19H25FN4O5. The highest BCUT2D eigenvalue weighted by Gasteiger charge is 2.52. The Hall–Kier alpha value is -2.27. The van der Waals surface area contributed by atoms with Crippen molar-refractivity contribution in [3.05, 3.63) is 30.1 Å². The van der Waals surface area contributed by atoms with Crippen molar-refractivity contribution in [1.82, 2.24) is 15.1 Å². The lowest BCUT2D eigenvalue weighted by molar-refractivity contribution is -0.185. The van der Waals surface area contributed by atoms with Crippen LogP contribution in [-0.2, 0) is 14.3 Å². The third-order valence-corrected chi connectivity index (χ3v) is 5.71. The van der Waals surface area contributed by atoms with Crippen LogP contribution in [0.1, 0.15) is 6.92 Å². The van der Waals surface area contributed by atoms with Crippen molar-refractivity contribution < 1.29 is 28.6 Å². The van der Waals surface area contributed by atoms with E-state index in [2.05, 4.69) is 10.6 Å². The molecule has 3 N–H and O–H groups in total. The van der Waals surface area contributed by atoms with Crippen LogP contribution in [0.2, 0.25) is 0 Å². The van der Waals surface area contributed by atoms with Gasteiger partial charge in [0.25, 0.3) is 0 Å². The number of aliphatic hydroxyl groups excluding tert-OH is 1. The van der Waals surface area contributed by atoms with Crippen molar-refractivity contribution in [2.24, 2.45) is 0 Å². The normalized spacial score (nSPS) is 32.1. The molecule has 3 heterocycles.